The second-order valence-corrected chi connectivity index (χ2v) is 4.25. The van der Waals surface area contributed by atoms with Gasteiger partial charge in [-0.1, -0.05) is 6.07 Å². The molecule has 0 aliphatic rings. The van der Waals surface area contributed by atoms with Crippen LogP contribution in [0.25, 0.3) is 0 Å². The minimum atomic E-state index is -4.58. The number of rotatable bonds is 5. The van der Waals surface area contributed by atoms with Crippen molar-refractivity contribution in [3.8, 4) is 0 Å². The second kappa shape index (κ2) is 6.21. The van der Waals surface area contributed by atoms with Gasteiger partial charge in [0, 0.05) is 0 Å². The molecule has 0 aromatic heterocycles. The monoisotopic (exact) mass is 293 g/mol. The lowest BCUT2D eigenvalue weighted by molar-refractivity contribution is -0.137. The lowest BCUT2D eigenvalue weighted by Crippen LogP contribution is -2.26. The Labute approximate surface area is 112 Å². The quantitative estimate of drug-likeness (QED) is 0.633. The maximum atomic E-state index is 12.5. The van der Waals surface area contributed by atoms with Gasteiger partial charge in [-0.15, -0.1) is 0 Å². The number of hydrogen-bond donors (Lipinski definition) is 4. The minimum absolute atomic E-state index is 0.0887. The van der Waals surface area contributed by atoms with E-state index in [0.717, 1.165) is 6.07 Å². The van der Waals surface area contributed by atoms with Crippen molar-refractivity contribution in [2.75, 3.05) is 0 Å². The number of benzene rings is 1. The summed E-state index contributed by atoms with van der Waals surface area (Å²) in [5.41, 5.74) is 3.60. The molecule has 2 atom stereocenters. The van der Waals surface area contributed by atoms with Gasteiger partial charge in [-0.3, -0.25) is 4.79 Å². The molecule has 20 heavy (non-hydrogen) atoms. The van der Waals surface area contributed by atoms with Crippen LogP contribution in [0.5, 0.6) is 0 Å². The van der Waals surface area contributed by atoms with E-state index in [1.54, 1.807) is 0 Å². The largest absolute Gasteiger partial charge is 0.416 e. The van der Waals surface area contributed by atoms with Crippen LogP contribution in [0, 0.1) is 0 Å². The molecular formula is C12H14F3NO4. The molecule has 1 aromatic rings. The Morgan fingerprint density at radius 3 is 2.35 bits per heavy atom. The maximum absolute atomic E-state index is 12.5. The Morgan fingerprint density at radius 2 is 1.90 bits per heavy atom. The van der Waals surface area contributed by atoms with Crippen LogP contribution in [0.3, 0.4) is 0 Å². The molecule has 5 N–H and O–H groups in total. The number of hydrogen-bond acceptors (Lipinski definition) is 4. The molecule has 2 unspecified atom stereocenters. The van der Waals surface area contributed by atoms with E-state index in [4.69, 9.17) is 10.8 Å². The van der Waals surface area contributed by atoms with Gasteiger partial charge in [-0.2, -0.15) is 13.2 Å². The van der Waals surface area contributed by atoms with Crippen LogP contribution >= 0.6 is 0 Å². The van der Waals surface area contributed by atoms with E-state index in [2.05, 4.69) is 0 Å². The molecular weight excluding hydrogens is 279 g/mol. The maximum Gasteiger partial charge on any atom is 0.416 e. The zero-order valence-corrected chi connectivity index (χ0v) is 10.3. The summed E-state index contributed by atoms with van der Waals surface area (Å²) in [5.74, 6) is -0.867. The molecule has 0 saturated carbocycles. The Morgan fingerprint density at radius 1 is 1.30 bits per heavy atom. The zero-order chi connectivity index (χ0) is 15.5. The molecule has 112 valence electrons. The topological polar surface area (TPSA) is 104 Å². The zero-order valence-electron chi connectivity index (χ0n) is 10.3. The van der Waals surface area contributed by atoms with Gasteiger partial charge in [0.2, 0.25) is 5.91 Å². The molecule has 8 heteroatoms. The lowest BCUT2D eigenvalue weighted by atomic mass is 9.95. The molecule has 1 amide bonds. The SMILES string of the molecule is NC(=O)CC(O)C(O)c1ccc(C(F)(F)F)cc1CO. The third kappa shape index (κ3) is 3.92. The summed E-state index contributed by atoms with van der Waals surface area (Å²) in [4.78, 5) is 10.6. The summed E-state index contributed by atoms with van der Waals surface area (Å²) in [6.45, 7) is -0.750. The number of aliphatic hydroxyl groups is 3. The number of nitrogens with two attached hydrogens (primary N) is 1. The van der Waals surface area contributed by atoms with E-state index < -0.39 is 42.9 Å². The Hall–Kier alpha value is -1.64. The van der Waals surface area contributed by atoms with Crippen molar-refractivity contribution in [2.45, 2.75) is 31.4 Å². The number of halogens is 3. The Bertz CT molecular complexity index is 490. The van der Waals surface area contributed by atoms with E-state index >= 15 is 0 Å². The van der Waals surface area contributed by atoms with Crippen molar-refractivity contribution in [2.24, 2.45) is 5.73 Å². The predicted octanol–water partition coefficient (Wildman–Crippen LogP) is 0.467. The normalized spacial score (nSPS) is 14.9. The summed E-state index contributed by atoms with van der Waals surface area (Å²) in [5, 5.41) is 28.4. The summed E-state index contributed by atoms with van der Waals surface area (Å²) in [7, 11) is 0. The number of primary amides is 1. The van der Waals surface area contributed by atoms with Crippen molar-refractivity contribution in [1.29, 1.82) is 0 Å². The van der Waals surface area contributed by atoms with Crippen molar-refractivity contribution in [1.82, 2.24) is 0 Å². The fourth-order valence-electron chi connectivity index (χ4n) is 1.73. The van der Waals surface area contributed by atoms with Gasteiger partial charge in [0.1, 0.15) is 6.10 Å². The average Bonchev–Trinajstić information content (AvgIpc) is 2.35. The van der Waals surface area contributed by atoms with E-state index in [9.17, 15) is 28.2 Å². The summed E-state index contributed by atoms with van der Waals surface area (Å²) in [6, 6.07) is 2.34. The summed E-state index contributed by atoms with van der Waals surface area (Å²) >= 11 is 0. The molecule has 1 rings (SSSR count). The van der Waals surface area contributed by atoms with Gasteiger partial charge in [-0.05, 0) is 23.3 Å². The number of alkyl halides is 3. The molecule has 0 fully saturated rings. The molecule has 1 aromatic carbocycles. The first-order valence-corrected chi connectivity index (χ1v) is 5.62. The van der Waals surface area contributed by atoms with E-state index in [1.807, 2.05) is 0 Å². The van der Waals surface area contributed by atoms with E-state index in [0.29, 0.717) is 12.1 Å². The van der Waals surface area contributed by atoms with Crippen molar-refractivity contribution < 1.29 is 33.3 Å². The average molecular weight is 293 g/mol. The Balaban J connectivity index is 3.09. The molecule has 0 aliphatic carbocycles. The van der Waals surface area contributed by atoms with Crippen LogP contribution in [0.4, 0.5) is 13.2 Å². The van der Waals surface area contributed by atoms with Gasteiger partial charge in [0.05, 0.1) is 24.7 Å². The molecule has 0 radical (unpaired) electrons. The molecule has 0 saturated heterocycles. The fourth-order valence-corrected chi connectivity index (χ4v) is 1.73. The van der Waals surface area contributed by atoms with E-state index in [1.165, 1.54) is 0 Å². The third-order valence-electron chi connectivity index (χ3n) is 2.73. The second-order valence-electron chi connectivity index (χ2n) is 4.25. The third-order valence-corrected chi connectivity index (χ3v) is 2.73. The number of amides is 1. The van der Waals surface area contributed by atoms with E-state index in [-0.39, 0.29) is 11.1 Å². The minimum Gasteiger partial charge on any atom is -0.392 e. The van der Waals surface area contributed by atoms with Crippen molar-refractivity contribution >= 4 is 5.91 Å². The van der Waals surface area contributed by atoms with Crippen LogP contribution in [0.1, 0.15) is 29.2 Å². The number of carbonyl (C=O) groups is 1. The highest BCUT2D eigenvalue weighted by atomic mass is 19.4. The number of carbonyl (C=O) groups excluding carboxylic acids is 1. The molecule has 0 heterocycles. The van der Waals surface area contributed by atoms with Gasteiger partial charge in [-0.25, -0.2) is 0 Å². The first-order chi connectivity index (χ1) is 9.16. The smallest absolute Gasteiger partial charge is 0.392 e. The summed E-state index contributed by atoms with van der Waals surface area (Å²) in [6.07, 6.45) is -8.31. The lowest BCUT2D eigenvalue weighted by Gasteiger charge is -2.20. The highest BCUT2D eigenvalue weighted by Gasteiger charge is 2.32. The Kier molecular flexibility index (Phi) is 5.09. The van der Waals surface area contributed by atoms with Crippen LogP contribution < -0.4 is 5.73 Å². The van der Waals surface area contributed by atoms with Gasteiger partial charge in [0.25, 0.3) is 0 Å². The van der Waals surface area contributed by atoms with Gasteiger partial charge < -0.3 is 21.1 Å². The van der Waals surface area contributed by atoms with Crippen LogP contribution in [0.2, 0.25) is 0 Å². The highest BCUT2D eigenvalue weighted by molar-refractivity contribution is 5.74. The predicted molar refractivity (Wildman–Crippen MR) is 62.1 cm³/mol. The first-order valence-electron chi connectivity index (χ1n) is 5.62. The van der Waals surface area contributed by atoms with Crippen LogP contribution in [-0.4, -0.2) is 27.3 Å². The van der Waals surface area contributed by atoms with Crippen molar-refractivity contribution in [3.05, 3.63) is 34.9 Å². The highest BCUT2D eigenvalue weighted by Crippen LogP contribution is 2.32. The standard InChI is InChI=1S/C12H14F3NO4/c13-12(14,15)7-1-2-8(6(3-7)5-17)11(20)9(18)4-10(16)19/h1-3,9,11,17-18,20H,4-5H2,(H2,16,19). The number of aliphatic hydroxyl groups excluding tert-OH is 3. The molecule has 5 nitrogen and oxygen atoms in total. The van der Waals surface area contributed by atoms with Crippen molar-refractivity contribution in [3.63, 3.8) is 0 Å². The molecule has 0 spiro atoms. The van der Waals surface area contributed by atoms with Crippen LogP contribution in [0.15, 0.2) is 18.2 Å². The molecule has 0 bridgehead atoms. The summed E-state index contributed by atoms with van der Waals surface area (Å²) < 4.78 is 37.5. The van der Waals surface area contributed by atoms with Crippen LogP contribution in [-0.2, 0) is 17.6 Å². The first kappa shape index (κ1) is 16.4. The molecule has 0 aliphatic heterocycles. The van der Waals surface area contributed by atoms with Gasteiger partial charge >= 0.3 is 6.18 Å². The van der Waals surface area contributed by atoms with Gasteiger partial charge in [0.15, 0.2) is 0 Å². The fraction of sp³-hybridized carbons (Fsp3) is 0.417.